The van der Waals surface area contributed by atoms with Crippen molar-refractivity contribution in [1.82, 2.24) is 20.2 Å². The zero-order chi connectivity index (χ0) is 17.8. The van der Waals surface area contributed by atoms with Crippen LogP contribution in [0.1, 0.15) is 47.9 Å². The number of carbonyl (C=O) groups excluding carboxylic acids is 1. The van der Waals surface area contributed by atoms with E-state index in [1.54, 1.807) is 18.5 Å². The molecule has 2 aliphatic rings. The second-order valence-electron chi connectivity index (χ2n) is 7.53. The molecule has 0 bridgehead atoms. The third kappa shape index (κ3) is 4.28. The highest BCUT2D eigenvalue weighted by molar-refractivity contribution is 5.92. The summed E-state index contributed by atoms with van der Waals surface area (Å²) in [5, 5.41) is 3.22. The minimum absolute atomic E-state index is 0.0762. The Balaban J connectivity index is 1.51. The van der Waals surface area contributed by atoms with Crippen molar-refractivity contribution in [2.24, 2.45) is 11.8 Å². The molecular formula is C21H26N4O. The molecule has 0 unspecified atom stereocenters. The van der Waals surface area contributed by atoms with Crippen molar-refractivity contribution < 1.29 is 4.79 Å². The predicted molar refractivity (Wildman–Crippen MR) is 101 cm³/mol. The third-order valence-electron chi connectivity index (χ3n) is 5.42. The molecule has 26 heavy (non-hydrogen) atoms. The molecule has 1 aliphatic heterocycles. The fraction of sp³-hybridized carbons (Fsp3) is 0.476. The van der Waals surface area contributed by atoms with Crippen LogP contribution in [0.5, 0.6) is 0 Å². The van der Waals surface area contributed by atoms with E-state index in [0.717, 1.165) is 24.6 Å². The van der Waals surface area contributed by atoms with Gasteiger partial charge in [-0.2, -0.15) is 0 Å². The third-order valence-corrected chi connectivity index (χ3v) is 5.42. The van der Waals surface area contributed by atoms with Crippen molar-refractivity contribution in [2.45, 2.75) is 31.7 Å². The van der Waals surface area contributed by atoms with Gasteiger partial charge in [0.1, 0.15) is 5.69 Å². The average Bonchev–Trinajstić information content (AvgIpc) is 3.51. The van der Waals surface area contributed by atoms with E-state index in [9.17, 15) is 4.79 Å². The van der Waals surface area contributed by atoms with E-state index in [1.807, 2.05) is 30.3 Å². The van der Waals surface area contributed by atoms with Crippen LogP contribution in [0.15, 0.2) is 48.8 Å². The van der Waals surface area contributed by atoms with Gasteiger partial charge in [0, 0.05) is 25.5 Å². The van der Waals surface area contributed by atoms with Gasteiger partial charge < -0.3 is 10.2 Å². The molecule has 136 valence electrons. The first-order valence-corrected chi connectivity index (χ1v) is 9.65. The molecule has 5 heteroatoms. The van der Waals surface area contributed by atoms with E-state index in [-0.39, 0.29) is 11.9 Å². The first kappa shape index (κ1) is 17.2. The lowest BCUT2D eigenvalue weighted by Gasteiger charge is -2.37. The van der Waals surface area contributed by atoms with Gasteiger partial charge >= 0.3 is 0 Å². The summed E-state index contributed by atoms with van der Waals surface area (Å²) in [6.45, 7) is 3.41. The lowest BCUT2D eigenvalue weighted by atomic mass is 9.88. The summed E-state index contributed by atoms with van der Waals surface area (Å²) in [5.41, 5.74) is 1.40. The fourth-order valence-corrected chi connectivity index (χ4v) is 3.90. The van der Waals surface area contributed by atoms with Gasteiger partial charge in [0.15, 0.2) is 0 Å². The highest BCUT2D eigenvalue weighted by atomic mass is 16.1. The number of hydrogen-bond donors (Lipinski definition) is 1. The predicted octanol–water partition coefficient (Wildman–Crippen LogP) is 3.07. The Bertz CT molecular complexity index is 717. The number of amides is 1. The minimum atomic E-state index is -0.124. The van der Waals surface area contributed by atoms with Crippen molar-refractivity contribution >= 4 is 5.91 Å². The summed E-state index contributed by atoms with van der Waals surface area (Å²) in [6.07, 6.45) is 8.51. The number of rotatable bonds is 6. The first-order valence-electron chi connectivity index (χ1n) is 9.65. The number of nitrogens with one attached hydrogen (secondary N) is 1. The van der Waals surface area contributed by atoms with E-state index in [4.69, 9.17) is 0 Å². The smallest absolute Gasteiger partial charge is 0.270 e. The summed E-state index contributed by atoms with van der Waals surface area (Å²) in [5.74, 6) is 1.15. The molecule has 2 atom stereocenters. The van der Waals surface area contributed by atoms with E-state index in [1.165, 1.54) is 32.4 Å². The quantitative estimate of drug-likeness (QED) is 0.870. The SMILES string of the molecule is O=C(N[C@@H](c1ccccn1)[C@@H]1CCCN(CC2CC2)C1)c1ccccn1. The van der Waals surface area contributed by atoms with E-state index in [0.29, 0.717) is 11.6 Å². The molecule has 2 aromatic rings. The first-order chi connectivity index (χ1) is 12.8. The maximum absolute atomic E-state index is 12.7. The van der Waals surface area contributed by atoms with Crippen LogP contribution in [-0.4, -0.2) is 40.4 Å². The number of carbonyl (C=O) groups is 1. The van der Waals surface area contributed by atoms with E-state index >= 15 is 0 Å². The van der Waals surface area contributed by atoms with Crippen molar-refractivity contribution in [1.29, 1.82) is 0 Å². The largest absolute Gasteiger partial charge is 0.342 e. The monoisotopic (exact) mass is 350 g/mol. The van der Waals surface area contributed by atoms with E-state index < -0.39 is 0 Å². The lowest BCUT2D eigenvalue weighted by molar-refractivity contribution is 0.0872. The number of aromatic nitrogens is 2. The molecule has 1 aliphatic carbocycles. The minimum Gasteiger partial charge on any atom is -0.342 e. The molecule has 4 rings (SSSR count). The second kappa shape index (κ2) is 7.96. The molecule has 2 fully saturated rings. The standard InChI is InChI=1S/C21H26N4O/c26-21(19-8-2-4-12-23-19)24-20(18-7-1-3-11-22-18)17-6-5-13-25(15-17)14-16-9-10-16/h1-4,7-8,11-12,16-17,20H,5-6,9-10,13-15H2,(H,24,26)/t17-,20-/m1/s1. The van der Waals surface area contributed by atoms with Crippen LogP contribution in [0.2, 0.25) is 0 Å². The van der Waals surface area contributed by atoms with Crippen molar-refractivity contribution in [3.63, 3.8) is 0 Å². The van der Waals surface area contributed by atoms with Crippen LogP contribution in [0.3, 0.4) is 0 Å². The summed E-state index contributed by atoms with van der Waals surface area (Å²) in [4.78, 5) is 24.0. The van der Waals surface area contributed by atoms with E-state index in [2.05, 4.69) is 20.2 Å². The van der Waals surface area contributed by atoms with Crippen LogP contribution in [0, 0.1) is 11.8 Å². The molecule has 1 amide bonds. The molecule has 1 N–H and O–H groups in total. The summed E-state index contributed by atoms with van der Waals surface area (Å²) < 4.78 is 0. The van der Waals surface area contributed by atoms with Crippen LogP contribution >= 0.6 is 0 Å². The number of nitrogens with zero attached hydrogens (tertiary/aromatic N) is 3. The Morgan fingerprint density at radius 2 is 1.92 bits per heavy atom. The highest BCUT2D eigenvalue weighted by Crippen LogP contribution is 2.34. The zero-order valence-electron chi connectivity index (χ0n) is 15.1. The van der Waals surface area contributed by atoms with Gasteiger partial charge in [-0.1, -0.05) is 12.1 Å². The Hall–Kier alpha value is -2.27. The fourth-order valence-electron chi connectivity index (χ4n) is 3.90. The molecule has 0 spiro atoms. The molecule has 5 nitrogen and oxygen atoms in total. The summed E-state index contributed by atoms with van der Waals surface area (Å²) >= 11 is 0. The number of hydrogen-bond acceptors (Lipinski definition) is 4. The normalized spacial score (nSPS) is 21.9. The Labute approximate surface area is 154 Å². The summed E-state index contributed by atoms with van der Waals surface area (Å²) in [7, 11) is 0. The van der Waals surface area contributed by atoms with Gasteiger partial charge in [-0.15, -0.1) is 0 Å². The highest BCUT2D eigenvalue weighted by Gasteiger charge is 2.33. The zero-order valence-corrected chi connectivity index (χ0v) is 15.1. The number of pyridine rings is 2. The topological polar surface area (TPSA) is 58.1 Å². The number of likely N-dealkylation sites (tertiary alicyclic amines) is 1. The average molecular weight is 350 g/mol. The summed E-state index contributed by atoms with van der Waals surface area (Å²) in [6, 6.07) is 11.3. The van der Waals surface area contributed by atoms with Crippen molar-refractivity contribution in [3.8, 4) is 0 Å². The molecular weight excluding hydrogens is 324 g/mol. The maximum atomic E-state index is 12.7. The van der Waals surface area contributed by atoms with Crippen molar-refractivity contribution in [2.75, 3.05) is 19.6 Å². The van der Waals surface area contributed by atoms with Gasteiger partial charge in [0.2, 0.25) is 0 Å². The molecule has 1 saturated carbocycles. The molecule has 3 heterocycles. The Morgan fingerprint density at radius 3 is 2.62 bits per heavy atom. The molecule has 1 saturated heterocycles. The van der Waals surface area contributed by atoms with Gasteiger partial charge in [-0.05, 0) is 68.3 Å². The van der Waals surface area contributed by atoms with Gasteiger partial charge in [0.25, 0.3) is 5.91 Å². The van der Waals surface area contributed by atoms with Crippen LogP contribution in [0.4, 0.5) is 0 Å². The molecule has 0 radical (unpaired) electrons. The Morgan fingerprint density at radius 1 is 1.12 bits per heavy atom. The Kier molecular flexibility index (Phi) is 5.25. The van der Waals surface area contributed by atoms with Gasteiger partial charge in [-0.25, -0.2) is 0 Å². The maximum Gasteiger partial charge on any atom is 0.270 e. The van der Waals surface area contributed by atoms with Crippen LogP contribution in [0.25, 0.3) is 0 Å². The lowest BCUT2D eigenvalue weighted by Crippen LogP contribution is -2.44. The van der Waals surface area contributed by atoms with Crippen LogP contribution < -0.4 is 5.32 Å². The van der Waals surface area contributed by atoms with Crippen LogP contribution in [-0.2, 0) is 0 Å². The molecule has 2 aromatic heterocycles. The van der Waals surface area contributed by atoms with Gasteiger partial charge in [-0.3, -0.25) is 14.8 Å². The van der Waals surface area contributed by atoms with Crippen molar-refractivity contribution in [3.05, 3.63) is 60.2 Å². The molecule has 0 aromatic carbocycles. The second-order valence-corrected chi connectivity index (χ2v) is 7.53. The number of piperidine rings is 1. The van der Waals surface area contributed by atoms with Gasteiger partial charge in [0.05, 0.1) is 11.7 Å².